The molecule has 174 valence electrons. The smallest absolute Gasteiger partial charge is 0.260 e. The van der Waals surface area contributed by atoms with Gasteiger partial charge in [0.05, 0.1) is 47.0 Å². The van der Waals surface area contributed by atoms with Crippen molar-refractivity contribution in [1.29, 1.82) is 0 Å². The summed E-state index contributed by atoms with van der Waals surface area (Å²) in [6, 6.07) is 6.86. The average molecular weight is 459 g/mol. The van der Waals surface area contributed by atoms with Gasteiger partial charge in [-0.15, -0.1) is 0 Å². The number of fused-ring (bicyclic) bond motifs is 1. The maximum Gasteiger partial charge on any atom is 0.260 e. The van der Waals surface area contributed by atoms with E-state index in [1.54, 1.807) is 41.6 Å². The van der Waals surface area contributed by atoms with Gasteiger partial charge in [-0.05, 0) is 36.6 Å². The Morgan fingerprint density at radius 1 is 1.15 bits per heavy atom. The Morgan fingerprint density at radius 2 is 2.00 bits per heavy atom. The van der Waals surface area contributed by atoms with Crippen molar-refractivity contribution >= 4 is 16.8 Å². The lowest BCUT2D eigenvalue weighted by molar-refractivity contribution is 0.0718. The Balaban J connectivity index is 1.46. The van der Waals surface area contributed by atoms with Gasteiger partial charge in [-0.2, -0.15) is 5.10 Å². The molecule has 9 nitrogen and oxygen atoms in total. The zero-order valence-corrected chi connectivity index (χ0v) is 18.9. The van der Waals surface area contributed by atoms with E-state index in [4.69, 9.17) is 0 Å². The normalized spacial score (nSPS) is 18.2. The van der Waals surface area contributed by atoms with E-state index in [1.807, 2.05) is 25.4 Å². The van der Waals surface area contributed by atoms with Crippen LogP contribution in [0, 0.1) is 0 Å². The molecule has 1 amide bonds. The minimum Gasteiger partial charge on any atom is -0.391 e. The third kappa shape index (κ3) is 4.34. The highest BCUT2D eigenvalue weighted by Gasteiger charge is 2.26. The van der Waals surface area contributed by atoms with E-state index in [2.05, 4.69) is 20.4 Å². The molecule has 4 heterocycles. The summed E-state index contributed by atoms with van der Waals surface area (Å²) >= 11 is 0. The predicted molar refractivity (Wildman–Crippen MR) is 127 cm³/mol. The topological polar surface area (TPSA) is 115 Å². The van der Waals surface area contributed by atoms with E-state index in [-0.39, 0.29) is 24.1 Å². The van der Waals surface area contributed by atoms with Crippen LogP contribution in [0.2, 0.25) is 0 Å². The first-order chi connectivity index (χ1) is 16.5. The van der Waals surface area contributed by atoms with Gasteiger partial charge in [-0.25, -0.2) is 0 Å². The zero-order chi connectivity index (χ0) is 23.7. The number of hydrogen-bond acceptors (Lipinski definition) is 6. The Bertz CT molecular complexity index is 1390. The minimum atomic E-state index is -0.563. The number of aryl methyl sites for hydroxylation is 1. The second-order valence-electron chi connectivity index (χ2n) is 8.76. The molecule has 0 radical (unpaired) electrons. The molecule has 0 bridgehead atoms. The van der Waals surface area contributed by atoms with Crippen molar-refractivity contribution in [3.8, 4) is 11.3 Å². The molecule has 4 aromatic rings. The van der Waals surface area contributed by atoms with Crippen LogP contribution >= 0.6 is 0 Å². The van der Waals surface area contributed by atoms with Crippen molar-refractivity contribution in [2.75, 3.05) is 0 Å². The maximum absolute atomic E-state index is 13.2. The zero-order valence-electron chi connectivity index (χ0n) is 18.9. The molecule has 0 aromatic carbocycles. The highest BCUT2D eigenvalue weighted by atomic mass is 16.3. The van der Waals surface area contributed by atoms with E-state index in [9.17, 15) is 14.7 Å². The van der Waals surface area contributed by atoms with Crippen LogP contribution in [0.3, 0.4) is 0 Å². The SMILES string of the molecule is Cn1cc(-c2ccc(Cn3cc(C(=O)N[C@H]4CCCC[C@@H]4O)c4ncccc4c3=O)cn2)cn1. The molecule has 5 rings (SSSR count). The van der Waals surface area contributed by atoms with Crippen LogP contribution in [0.25, 0.3) is 22.2 Å². The number of aliphatic hydroxyl groups excluding tert-OH is 1. The summed E-state index contributed by atoms with van der Waals surface area (Å²) in [5.74, 6) is -0.339. The number of aromatic nitrogens is 5. The molecule has 34 heavy (non-hydrogen) atoms. The Morgan fingerprint density at radius 3 is 2.74 bits per heavy atom. The maximum atomic E-state index is 13.2. The van der Waals surface area contributed by atoms with Crippen LogP contribution in [-0.4, -0.2) is 47.5 Å². The van der Waals surface area contributed by atoms with Gasteiger partial charge in [-0.1, -0.05) is 18.9 Å². The second-order valence-corrected chi connectivity index (χ2v) is 8.76. The van der Waals surface area contributed by atoms with Crippen LogP contribution in [0.15, 0.2) is 60.0 Å². The summed E-state index contributed by atoms with van der Waals surface area (Å²) in [6.45, 7) is 0.260. The number of carbonyl (C=O) groups excluding carboxylic acids is 1. The summed E-state index contributed by atoms with van der Waals surface area (Å²) < 4.78 is 3.23. The predicted octanol–water partition coefficient (Wildman–Crippen LogP) is 2.27. The largest absolute Gasteiger partial charge is 0.391 e. The average Bonchev–Trinajstić information content (AvgIpc) is 3.29. The Hall–Kier alpha value is -3.85. The fraction of sp³-hybridized carbons (Fsp3) is 0.320. The lowest BCUT2D eigenvalue weighted by atomic mass is 9.92. The molecule has 2 N–H and O–H groups in total. The summed E-state index contributed by atoms with van der Waals surface area (Å²) in [7, 11) is 1.85. The third-order valence-electron chi connectivity index (χ3n) is 6.31. The molecule has 1 aliphatic carbocycles. The highest BCUT2D eigenvalue weighted by molar-refractivity contribution is 6.05. The van der Waals surface area contributed by atoms with Gasteiger partial charge in [0.25, 0.3) is 11.5 Å². The van der Waals surface area contributed by atoms with Crippen molar-refractivity contribution in [2.24, 2.45) is 7.05 Å². The summed E-state index contributed by atoms with van der Waals surface area (Å²) in [5, 5.41) is 17.8. The van der Waals surface area contributed by atoms with Crippen molar-refractivity contribution in [3.05, 3.63) is 76.7 Å². The molecule has 4 aromatic heterocycles. The fourth-order valence-corrected chi connectivity index (χ4v) is 4.47. The first-order valence-corrected chi connectivity index (χ1v) is 11.4. The van der Waals surface area contributed by atoms with Crippen LogP contribution in [-0.2, 0) is 13.6 Å². The molecule has 2 atom stereocenters. The molecule has 0 saturated heterocycles. The van der Waals surface area contributed by atoms with Gasteiger partial charge >= 0.3 is 0 Å². The first kappa shape index (κ1) is 22.0. The number of nitrogens with one attached hydrogen (secondary N) is 1. The number of pyridine rings is 3. The molecule has 1 aliphatic rings. The van der Waals surface area contributed by atoms with Crippen LogP contribution in [0.4, 0.5) is 0 Å². The lowest BCUT2D eigenvalue weighted by Crippen LogP contribution is -2.45. The molecule has 0 unspecified atom stereocenters. The molecule has 0 spiro atoms. The van der Waals surface area contributed by atoms with Crippen LogP contribution < -0.4 is 10.9 Å². The quantitative estimate of drug-likeness (QED) is 0.474. The molecule has 0 aliphatic heterocycles. The van der Waals surface area contributed by atoms with E-state index in [0.29, 0.717) is 22.9 Å². The number of carbonyl (C=O) groups is 1. The molecular formula is C25H26N6O3. The summed E-state index contributed by atoms with van der Waals surface area (Å²) in [6.07, 6.45) is 11.2. The monoisotopic (exact) mass is 458 g/mol. The number of amides is 1. The van der Waals surface area contributed by atoms with E-state index in [0.717, 1.165) is 36.1 Å². The lowest BCUT2D eigenvalue weighted by Gasteiger charge is -2.28. The third-order valence-corrected chi connectivity index (χ3v) is 6.31. The van der Waals surface area contributed by atoms with E-state index < -0.39 is 6.10 Å². The standard InChI is InChI=1S/C25H26N6O3/c1-30-14-17(12-28-30)20-9-8-16(11-27-20)13-31-15-19(23-18(25(31)34)5-4-10-26-23)24(33)29-21-6-2-3-7-22(21)32/h4-5,8-12,14-15,21-22,32H,2-3,6-7,13H2,1H3,(H,29,33)/t21-,22-/m0/s1. The van der Waals surface area contributed by atoms with Gasteiger partial charge < -0.3 is 15.0 Å². The van der Waals surface area contributed by atoms with Crippen molar-refractivity contribution in [3.63, 3.8) is 0 Å². The van der Waals surface area contributed by atoms with Crippen LogP contribution in [0.5, 0.6) is 0 Å². The molecule has 1 fully saturated rings. The minimum absolute atomic E-state index is 0.228. The van der Waals surface area contributed by atoms with Crippen molar-refractivity contribution < 1.29 is 9.90 Å². The van der Waals surface area contributed by atoms with Gasteiger partial charge in [0, 0.05) is 37.4 Å². The number of aliphatic hydroxyl groups is 1. The van der Waals surface area contributed by atoms with Crippen molar-refractivity contribution in [2.45, 2.75) is 44.4 Å². The Kier molecular flexibility index (Phi) is 5.93. The van der Waals surface area contributed by atoms with Gasteiger partial charge in [-0.3, -0.25) is 24.2 Å². The van der Waals surface area contributed by atoms with Gasteiger partial charge in [0.15, 0.2) is 0 Å². The van der Waals surface area contributed by atoms with E-state index in [1.165, 1.54) is 4.57 Å². The molecule has 1 saturated carbocycles. The highest BCUT2D eigenvalue weighted by Crippen LogP contribution is 2.20. The van der Waals surface area contributed by atoms with Crippen LogP contribution in [0.1, 0.15) is 41.6 Å². The van der Waals surface area contributed by atoms with Crippen molar-refractivity contribution in [1.82, 2.24) is 29.6 Å². The number of rotatable bonds is 5. The Labute approximate surface area is 196 Å². The van der Waals surface area contributed by atoms with Gasteiger partial charge in [0.2, 0.25) is 0 Å². The van der Waals surface area contributed by atoms with Gasteiger partial charge in [0.1, 0.15) is 0 Å². The summed E-state index contributed by atoms with van der Waals surface area (Å²) in [5.41, 5.74) is 2.97. The number of nitrogens with zero attached hydrogens (tertiary/aromatic N) is 5. The summed E-state index contributed by atoms with van der Waals surface area (Å²) in [4.78, 5) is 35.2. The fourth-order valence-electron chi connectivity index (χ4n) is 4.47. The molecule has 9 heteroatoms. The number of hydrogen-bond donors (Lipinski definition) is 2. The second kappa shape index (κ2) is 9.18. The van der Waals surface area contributed by atoms with E-state index >= 15 is 0 Å². The molecular weight excluding hydrogens is 432 g/mol. The first-order valence-electron chi connectivity index (χ1n) is 11.4.